The monoisotopic (exact) mass is 207 g/mol. The summed E-state index contributed by atoms with van der Waals surface area (Å²) >= 11 is 6.03. The number of nitrogens with one attached hydrogen (secondary N) is 1. The highest BCUT2D eigenvalue weighted by Crippen LogP contribution is 2.56. The summed E-state index contributed by atoms with van der Waals surface area (Å²) < 4.78 is 0. The molecule has 14 heavy (non-hydrogen) atoms. The predicted octanol–water partition coefficient (Wildman–Crippen LogP) is 2.51. The van der Waals surface area contributed by atoms with Crippen LogP contribution in [0.5, 0.6) is 0 Å². The Morgan fingerprint density at radius 2 is 2.36 bits per heavy atom. The maximum Gasteiger partial charge on any atom is 0.0435 e. The zero-order chi connectivity index (χ0) is 9.76. The average Bonchev–Trinajstić information content (AvgIpc) is 2.75. The number of halogens is 1. The van der Waals surface area contributed by atoms with Crippen molar-refractivity contribution in [2.75, 3.05) is 13.1 Å². The van der Waals surface area contributed by atoms with Gasteiger partial charge in [0.15, 0.2) is 0 Å². The fourth-order valence-electron chi connectivity index (χ4n) is 2.74. The van der Waals surface area contributed by atoms with Gasteiger partial charge in [0.2, 0.25) is 0 Å². The second-order valence-electron chi connectivity index (χ2n) is 4.65. The lowest BCUT2D eigenvalue weighted by molar-refractivity contribution is 0.675. The highest BCUT2D eigenvalue weighted by atomic mass is 35.5. The maximum atomic E-state index is 6.03. The van der Waals surface area contributed by atoms with E-state index in [1.807, 2.05) is 6.07 Å². The number of rotatable bonds is 1. The largest absolute Gasteiger partial charge is 0.316 e. The van der Waals surface area contributed by atoms with Crippen LogP contribution in [0.4, 0.5) is 0 Å². The molecule has 1 heterocycles. The van der Waals surface area contributed by atoms with Gasteiger partial charge in [-0.05, 0) is 43.0 Å². The summed E-state index contributed by atoms with van der Waals surface area (Å²) in [5.41, 5.74) is 3.15. The molecule has 1 aromatic rings. The standard InChI is InChI=1S/C12H14ClN/c1-8-4-9(2-3-11(8)13)12-5-10(12)6-14-7-12/h2-4,10,14H,5-7H2,1H3. The molecule has 2 heteroatoms. The van der Waals surface area contributed by atoms with Gasteiger partial charge in [-0.15, -0.1) is 0 Å². The van der Waals surface area contributed by atoms with Gasteiger partial charge in [0.05, 0.1) is 0 Å². The Balaban J connectivity index is 2.01. The minimum atomic E-state index is 0.468. The van der Waals surface area contributed by atoms with Crippen LogP contribution >= 0.6 is 11.6 Å². The molecular formula is C12H14ClN. The van der Waals surface area contributed by atoms with Crippen molar-refractivity contribution in [3.05, 3.63) is 34.3 Å². The third kappa shape index (κ3) is 1.06. The second kappa shape index (κ2) is 2.74. The van der Waals surface area contributed by atoms with Gasteiger partial charge in [-0.2, -0.15) is 0 Å². The fraction of sp³-hybridized carbons (Fsp3) is 0.500. The van der Waals surface area contributed by atoms with Crippen LogP contribution in [0.15, 0.2) is 18.2 Å². The van der Waals surface area contributed by atoms with Crippen molar-refractivity contribution in [1.29, 1.82) is 0 Å². The van der Waals surface area contributed by atoms with Crippen molar-refractivity contribution in [3.63, 3.8) is 0 Å². The van der Waals surface area contributed by atoms with Crippen molar-refractivity contribution in [3.8, 4) is 0 Å². The molecule has 0 spiro atoms. The topological polar surface area (TPSA) is 12.0 Å². The number of piperidine rings is 1. The maximum absolute atomic E-state index is 6.03. The molecule has 2 fully saturated rings. The number of aryl methyl sites for hydroxylation is 1. The van der Waals surface area contributed by atoms with E-state index in [0.717, 1.165) is 17.5 Å². The molecule has 3 rings (SSSR count). The van der Waals surface area contributed by atoms with Crippen LogP contribution in [0.3, 0.4) is 0 Å². The van der Waals surface area contributed by atoms with Gasteiger partial charge in [-0.1, -0.05) is 23.7 Å². The first-order valence-corrected chi connectivity index (χ1v) is 5.57. The number of hydrogen-bond donors (Lipinski definition) is 1. The van der Waals surface area contributed by atoms with Gasteiger partial charge in [-0.3, -0.25) is 0 Å². The van der Waals surface area contributed by atoms with Crippen molar-refractivity contribution >= 4 is 11.6 Å². The molecule has 0 aromatic heterocycles. The highest BCUT2D eigenvalue weighted by Gasteiger charge is 2.57. The van der Waals surface area contributed by atoms with Crippen molar-refractivity contribution in [2.24, 2.45) is 5.92 Å². The third-order valence-corrected chi connectivity index (χ3v) is 4.22. The Labute approximate surface area is 89.5 Å². The van der Waals surface area contributed by atoms with Crippen LogP contribution in [0, 0.1) is 12.8 Å². The molecule has 0 bridgehead atoms. The van der Waals surface area contributed by atoms with Gasteiger partial charge < -0.3 is 5.32 Å². The van der Waals surface area contributed by atoms with Crippen LogP contribution in [0.25, 0.3) is 0 Å². The van der Waals surface area contributed by atoms with E-state index in [1.54, 1.807) is 0 Å². The average molecular weight is 208 g/mol. The first kappa shape index (κ1) is 8.75. The van der Waals surface area contributed by atoms with Crippen molar-refractivity contribution in [1.82, 2.24) is 5.32 Å². The van der Waals surface area contributed by atoms with E-state index in [9.17, 15) is 0 Å². The molecule has 2 aliphatic rings. The van der Waals surface area contributed by atoms with Crippen LogP contribution in [-0.4, -0.2) is 13.1 Å². The van der Waals surface area contributed by atoms with E-state index in [-0.39, 0.29) is 0 Å². The summed E-state index contributed by atoms with van der Waals surface area (Å²) in [4.78, 5) is 0. The minimum Gasteiger partial charge on any atom is -0.316 e. The molecule has 0 radical (unpaired) electrons. The smallest absolute Gasteiger partial charge is 0.0435 e. The van der Waals surface area contributed by atoms with Gasteiger partial charge in [-0.25, -0.2) is 0 Å². The zero-order valence-electron chi connectivity index (χ0n) is 8.31. The molecule has 1 aromatic carbocycles. The lowest BCUT2D eigenvalue weighted by Crippen LogP contribution is -2.19. The molecule has 74 valence electrons. The first-order chi connectivity index (χ1) is 6.72. The van der Waals surface area contributed by atoms with E-state index in [0.29, 0.717) is 5.41 Å². The summed E-state index contributed by atoms with van der Waals surface area (Å²) in [6.45, 7) is 4.43. The Hall–Kier alpha value is -0.530. The number of fused-ring (bicyclic) bond motifs is 1. The second-order valence-corrected chi connectivity index (χ2v) is 5.06. The van der Waals surface area contributed by atoms with Gasteiger partial charge in [0.25, 0.3) is 0 Å². The molecule has 1 aliphatic carbocycles. The SMILES string of the molecule is Cc1cc(C23CNCC2C3)ccc1Cl. The summed E-state index contributed by atoms with van der Waals surface area (Å²) in [7, 11) is 0. The van der Waals surface area contributed by atoms with E-state index < -0.39 is 0 Å². The zero-order valence-corrected chi connectivity index (χ0v) is 9.06. The fourth-order valence-corrected chi connectivity index (χ4v) is 2.86. The van der Waals surface area contributed by atoms with E-state index in [2.05, 4.69) is 24.4 Å². The lowest BCUT2D eigenvalue weighted by atomic mass is 9.94. The lowest BCUT2D eigenvalue weighted by Gasteiger charge is -2.13. The van der Waals surface area contributed by atoms with Gasteiger partial charge in [0.1, 0.15) is 0 Å². The molecular weight excluding hydrogens is 194 g/mol. The van der Waals surface area contributed by atoms with Crippen LogP contribution in [0.2, 0.25) is 5.02 Å². The molecule has 1 saturated heterocycles. The highest BCUT2D eigenvalue weighted by molar-refractivity contribution is 6.31. The first-order valence-electron chi connectivity index (χ1n) is 5.20. The van der Waals surface area contributed by atoms with E-state index >= 15 is 0 Å². The van der Waals surface area contributed by atoms with Gasteiger partial charge in [0, 0.05) is 17.0 Å². The third-order valence-electron chi connectivity index (χ3n) is 3.80. The summed E-state index contributed by atoms with van der Waals surface area (Å²) in [6.07, 6.45) is 1.36. The molecule has 2 atom stereocenters. The molecule has 1 nitrogen and oxygen atoms in total. The van der Waals surface area contributed by atoms with Crippen LogP contribution in [-0.2, 0) is 5.41 Å². The van der Waals surface area contributed by atoms with Crippen LogP contribution in [0.1, 0.15) is 17.5 Å². The Kier molecular flexibility index (Phi) is 1.71. The number of benzene rings is 1. The summed E-state index contributed by atoms with van der Waals surface area (Å²) in [5, 5.41) is 4.34. The van der Waals surface area contributed by atoms with Crippen molar-refractivity contribution in [2.45, 2.75) is 18.8 Å². The van der Waals surface area contributed by atoms with Gasteiger partial charge >= 0.3 is 0 Å². The normalized spacial score (nSPS) is 34.3. The van der Waals surface area contributed by atoms with E-state index in [1.165, 1.54) is 24.1 Å². The Bertz CT molecular complexity index is 388. The molecule has 1 saturated carbocycles. The Morgan fingerprint density at radius 3 is 2.93 bits per heavy atom. The molecule has 2 unspecified atom stereocenters. The predicted molar refractivity (Wildman–Crippen MR) is 58.8 cm³/mol. The summed E-state index contributed by atoms with van der Waals surface area (Å²) in [5.74, 6) is 0.878. The molecule has 1 aliphatic heterocycles. The molecule has 1 N–H and O–H groups in total. The Morgan fingerprint density at radius 1 is 1.50 bits per heavy atom. The molecule has 0 amide bonds. The number of hydrogen-bond acceptors (Lipinski definition) is 1. The quantitative estimate of drug-likeness (QED) is 0.746. The minimum absolute atomic E-state index is 0.468. The van der Waals surface area contributed by atoms with Crippen molar-refractivity contribution < 1.29 is 0 Å². The van der Waals surface area contributed by atoms with Crippen LogP contribution < -0.4 is 5.32 Å². The van der Waals surface area contributed by atoms with E-state index in [4.69, 9.17) is 11.6 Å². The summed E-state index contributed by atoms with van der Waals surface area (Å²) in [6, 6.07) is 6.49.